The van der Waals surface area contributed by atoms with Gasteiger partial charge in [0.15, 0.2) is 0 Å². The summed E-state index contributed by atoms with van der Waals surface area (Å²) in [6, 6.07) is 0. The summed E-state index contributed by atoms with van der Waals surface area (Å²) in [5.41, 5.74) is -0.0677. The summed E-state index contributed by atoms with van der Waals surface area (Å²) < 4.78 is 4.95. The summed E-state index contributed by atoms with van der Waals surface area (Å²) in [6.45, 7) is 8.15. The molecule has 0 saturated carbocycles. The van der Waals surface area contributed by atoms with Crippen molar-refractivity contribution in [1.29, 1.82) is 0 Å². The predicted molar refractivity (Wildman–Crippen MR) is 28.9 cm³/mol. The maximum Gasteiger partial charge on any atom is 0.0951 e. The van der Waals surface area contributed by atoms with E-state index in [1.54, 1.807) is 0 Å². The van der Waals surface area contributed by atoms with E-state index in [2.05, 4.69) is 13.5 Å². The first-order valence-electron chi connectivity index (χ1n) is 2.37. The van der Waals surface area contributed by atoms with Gasteiger partial charge in [0.1, 0.15) is 0 Å². The molecule has 0 amide bonds. The molecule has 1 radical (unpaired) electrons. The SMILES string of the molecule is [CH2]C1(CC=C)CO1. The third-order valence-electron chi connectivity index (χ3n) is 1.07. The van der Waals surface area contributed by atoms with E-state index in [1.165, 1.54) is 0 Å². The molecule has 0 bridgehead atoms. The van der Waals surface area contributed by atoms with E-state index in [-0.39, 0.29) is 5.60 Å². The molecule has 1 saturated heterocycles. The van der Waals surface area contributed by atoms with Crippen LogP contribution in [0.2, 0.25) is 0 Å². The van der Waals surface area contributed by atoms with Gasteiger partial charge in [-0.15, -0.1) is 6.58 Å². The molecule has 1 fully saturated rings. The molecule has 0 aromatic rings. The highest BCUT2D eigenvalue weighted by molar-refractivity contribution is 4.99. The molecule has 1 heterocycles. The summed E-state index contributed by atoms with van der Waals surface area (Å²) >= 11 is 0. The molecule has 1 atom stereocenters. The van der Waals surface area contributed by atoms with Crippen LogP contribution in [0.5, 0.6) is 0 Å². The lowest BCUT2D eigenvalue weighted by Gasteiger charge is -1.93. The van der Waals surface area contributed by atoms with E-state index in [0.29, 0.717) is 0 Å². The zero-order chi connectivity index (χ0) is 5.33. The summed E-state index contributed by atoms with van der Waals surface area (Å²) in [5.74, 6) is 0. The van der Waals surface area contributed by atoms with Crippen molar-refractivity contribution in [2.24, 2.45) is 0 Å². The maximum atomic E-state index is 4.95. The van der Waals surface area contributed by atoms with Crippen LogP contribution in [0.15, 0.2) is 12.7 Å². The Balaban J connectivity index is 2.25. The molecule has 1 aliphatic heterocycles. The first kappa shape index (κ1) is 4.85. The second kappa shape index (κ2) is 1.34. The molecular formula is C6H9O. The minimum atomic E-state index is -0.0677. The van der Waals surface area contributed by atoms with Crippen molar-refractivity contribution in [2.75, 3.05) is 6.61 Å². The van der Waals surface area contributed by atoms with E-state index in [1.807, 2.05) is 6.08 Å². The Morgan fingerprint density at radius 3 is 2.57 bits per heavy atom. The van der Waals surface area contributed by atoms with Crippen molar-refractivity contribution >= 4 is 0 Å². The zero-order valence-electron chi connectivity index (χ0n) is 4.31. The van der Waals surface area contributed by atoms with Crippen LogP contribution in [0.4, 0.5) is 0 Å². The van der Waals surface area contributed by atoms with Gasteiger partial charge < -0.3 is 4.74 Å². The van der Waals surface area contributed by atoms with Crippen LogP contribution in [0.3, 0.4) is 0 Å². The fourth-order valence-electron chi connectivity index (χ4n) is 0.483. The number of hydrogen-bond donors (Lipinski definition) is 0. The molecule has 0 aromatic heterocycles. The number of epoxide rings is 1. The highest BCUT2D eigenvalue weighted by Crippen LogP contribution is 2.28. The standard InChI is InChI=1S/C6H9O/c1-3-4-6(2)5-7-6/h3H,1-2,4-5H2. The molecule has 0 aliphatic carbocycles. The van der Waals surface area contributed by atoms with Crippen molar-refractivity contribution in [3.63, 3.8) is 0 Å². The Morgan fingerprint density at radius 2 is 2.43 bits per heavy atom. The van der Waals surface area contributed by atoms with Crippen LogP contribution in [0.1, 0.15) is 6.42 Å². The molecule has 1 heteroatoms. The first-order valence-corrected chi connectivity index (χ1v) is 2.37. The van der Waals surface area contributed by atoms with E-state index in [4.69, 9.17) is 4.74 Å². The zero-order valence-corrected chi connectivity index (χ0v) is 4.31. The number of ether oxygens (including phenoxy) is 1. The lowest BCUT2D eigenvalue weighted by Crippen LogP contribution is -2.00. The number of hydrogen-bond acceptors (Lipinski definition) is 1. The molecule has 0 spiro atoms. The third kappa shape index (κ3) is 1.03. The van der Waals surface area contributed by atoms with Gasteiger partial charge in [0, 0.05) is 0 Å². The predicted octanol–water partition coefficient (Wildman–Crippen LogP) is 1.17. The minimum absolute atomic E-state index is 0.0677. The van der Waals surface area contributed by atoms with Crippen molar-refractivity contribution in [1.82, 2.24) is 0 Å². The van der Waals surface area contributed by atoms with Gasteiger partial charge in [-0.25, -0.2) is 0 Å². The quantitative estimate of drug-likeness (QED) is 0.372. The fraction of sp³-hybridized carbons (Fsp3) is 0.500. The van der Waals surface area contributed by atoms with Crippen LogP contribution in [0.25, 0.3) is 0 Å². The second-order valence-corrected chi connectivity index (χ2v) is 1.96. The van der Waals surface area contributed by atoms with E-state index >= 15 is 0 Å². The van der Waals surface area contributed by atoms with E-state index < -0.39 is 0 Å². The van der Waals surface area contributed by atoms with Crippen molar-refractivity contribution in [3.05, 3.63) is 19.6 Å². The Kier molecular flexibility index (Phi) is 0.927. The van der Waals surface area contributed by atoms with Crippen LogP contribution >= 0.6 is 0 Å². The Morgan fingerprint density at radius 1 is 1.86 bits per heavy atom. The molecule has 7 heavy (non-hydrogen) atoms. The average molecular weight is 97.1 g/mol. The Labute approximate surface area is 44.0 Å². The lowest BCUT2D eigenvalue weighted by atomic mass is 10.1. The minimum Gasteiger partial charge on any atom is -0.369 e. The summed E-state index contributed by atoms with van der Waals surface area (Å²) in [6.07, 6.45) is 2.72. The normalized spacial score (nSPS) is 37.9. The van der Waals surface area contributed by atoms with Gasteiger partial charge >= 0.3 is 0 Å². The molecule has 1 rings (SSSR count). The highest BCUT2D eigenvalue weighted by atomic mass is 16.6. The second-order valence-electron chi connectivity index (χ2n) is 1.96. The van der Waals surface area contributed by atoms with Gasteiger partial charge in [0.25, 0.3) is 0 Å². The molecular weight excluding hydrogens is 88.1 g/mol. The Bertz CT molecular complexity index is 82.2. The smallest absolute Gasteiger partial charge is 0.0951 e. The monoisotopic (exact) mass is 97.1 g/mol. The highest BCUT2D eigenvalue weighted by Gasteiger charge is 2.37. The van der Waals surface area contributed by atoms with Gasteiger partial charge in [-0.1, -0.05) is 6.08 Å². The van der Waals surface area contributed by atoms with E-state index in [9.17, 15) is 0 Å². The van der Waals surface area contributed by atoms with Crippen molar-refractivity contribution in [3.8, 4) is 0 Å². The molecule has 0 N–H and O–H groups in total. The average Bonchev–Trinajstić information content (AvgIpc) is 2.22. The molecule has 1 aliphatic rings. The third-order valence-corrected chi connectivity index (χ3v) is 1.07. The van der Waals surface area contributed by atoms with Gasteiger partial charge in [-0.2, -0.15) is 0 Å². The van der Waals surface area contributed by atoms with Crippen molar-refractivity contribution < 1.29 is 4.74 Å². The van der Waals surface area contributed by atoms with Crippen LogP contribution < -0.4 is 0 Å². The fourth-order valence-corrected chi connectivity index (χ4v) is 0.483. The van der Waals surface area contributed by atoms with E-state index in [0.717, 1.165) is 13.0 Å². The topological polar surface area (TPSA) is 12.5 Å². The Hall–Kier alpha value is -0.300. The molecule has 0 aromatic carbocycles. The van der Waals surface area contributed by atoms with Gasteiger partial charge in [-0.3, -0.25) is 0 Å². The largest absolute Gasteiger partial charge is 0.369 e. The maximum absolute atomic E-state index is 4.95. The summed E-state index contributed by atoms with van der Waals surface area (Å²) in [7, 11) is 0. The van der Waals surface area contributed by atoms with Crippen LogP contribution in [-0.2, 0) is 4.74 Å². The van der Waals surface area contributed by atoms with Crippen LogP contribution in [-0.4, -0.2) is 12.2 Å². The van der Waals surface area contributed by atoms with Crippen LogP contribution in [0, 0.1) is 6.92 Å². The van der Waals surface area contributed by atoms with Crippen molar-refractivity contribution in [2.45, 2.75) is 12.0 Å². The first-order chi connectivity index (χ1) is 3.27. The molecule has 39 valence electrons. The van der Waals surface area contributed by atoms with Gasteiger partial charge in [0.2, 0.25) is 0 Å². The number of rotatable bonds is 2. The summed E-state index contributed by atoms with van der Waals surface area (Å²) in [4.78, 5) is 0. The lowest BCUT2D eigenvalue weighted by molar-refractivity contribution is 0.351. The van der Waals surface area contributed by atoms with Gasteiger partial charge in [0.05, 0.1) is 12.2 Å². The van der Waals surface area contributed by atoms with Gasteiger partial charge in [-0.05, 0) is 13.3 Å². The molecule has 1 unspecified atom stereocenters. The summed E-state index contributed by atoms with van der Waals surface area (Å²) in [5, 5.41) is 0. The molecule has 1 nitrogen and oxygen atoms in total.